The van der Waals surface area contributed by atoms with Crippen LogP contribution in [0.15, 0.2) is 24.3 Å². The molecule has 0 amide bonds. The summed E-state index contributed by atoms with van der Waals surface area (Å²) in [4.78, 5) is 2.26. The van der Waals surface area contributed by atoms with E-state index in [1.807, 2.05) is 12.1 Å². The lowest BCUT2D eigenvalue weighted by Gasteiger charge is -2.40. The van der Waals surface area contributed by atoms with Crippen molar-refractivity contribution in [2.75, 3.05) is 25.6 Å². The minimum Gasteiger partial charge on any atom is -0.497 e. The van der Waals surface area contributed by atoms with Crippen molar-refractivity contribution in [2.24, 2.45) is 11.7 Å². The summed E-state index contributed by atoms with van der Waals surface area (Å²) in [5.41, 5.74) is 7.74. The van der Waals surface area contributed by atoms with Crippen LogP contribution in [0.2, 0.25) is 0 Å². The van der Waals surface area contributed by atoms with Gasteiger partial charge >= 0.3 is 0 Å². The summed E-state index contributed by atoms with van der Waals surface area (Å²) in [5, 5.41) is 0. The number of benzene rings is 1. The van der Waals surface area contributed by atoms with Gasteiger partial charge in [0.05, 0.1) is 7.11 Å². The first-order chi connectivity index (χ1) is 9.02. The maximum Gasteiger partial charge on any atom is 0.119 e. The first-order valence-corrected chi connectivity index (χ1v) is 7.16. The average Bonchev–Trinajstić information content (AvgIpc) is 2.38. The van der Waals surface area contributed by atoms with Crippen molar-refractivity contribution in [1.29, 1.82) is 0 Å². The second-order valence-electron chi connectivity index (χ2n) is 6.12. The van der Waals surface area contributed by atoms with Gasteiger partial charge < -0.3 is 15.4 Å². The average molecular weight is 262 g/mol. The number of nitrogens with two attached hydrogens (primary N) is 1. The molecule has 0 aliphatic heterocycles. The third kappa shape index (κ3) is 3.63. The van der Waals surface area contributed by atoms with Crippen molar-refractivity contribution < 1.29 is 4.74 Å². The SMILES string of the molecule is COc1ccc(N(C)CC2(N)CCCC(C)C2)cc1. The van der Waals surface area contributed by atoms with Gasteiger partial charge in [0.1, 0.15) is 5.75 Å². The maximum absolute atomic E-state index is 6.58. The van der Waals surface area contributed by atoms with Crippen molar-refractivity contribution in [3.63, 3.8) is 0 Å². The Kier molecular flexibility index (Phi) is 4.35. The van der Waals surface area contributed by atoms with Crippen molar-refractivity contribution in [3.8, 4) is 5.75 Å². The summed E-state index contributed by atoms with van der Waals surface area (Å²) >= 11 is 0. The molecular weight excluding hydrogens is 236 g/mol. The molecular formula is C16H26N2O. The number of hydrogen-bond donors (Lipinski definition) is 1. The Morgan fingerprint density at radius 1 is 1.37 bits per heavy atom. The van der Waals surface area contributed by atoms with Crippen LogP contribution in [0.3, 0.4) is 0 Å². The molecule has 1 aliphatic rings. The van der Waals surface area contributed by atoms with Crippen molar-refractivity contribution in [2.45, 2.75) is 38.1 Å². The number of methoxy groups -OCH3 is 1. The summed E-state index contributed by atoms with van der Waals surface area (Å²) in [5.74, 6) is 1.65. The van der Waals surface area contributed by atoms with E-state index in [1.54, 1.807) is 7.11 Å². The monoisotopic (exact) mass is 262 g/mol. The van der Waals surface area contributed by atoms with Crippen molar-refractivity contribution in [3.05, 3.63) is 24.3 Å². The Labute approximate surface area is 116 Å². The highest BCUT2D eigenvalue weighted by atomic mass is 16.5. The minimum absolute atomic E-state index is 0.0354. The van der Waals surface area contributed by atoms with Gasteiger partial charge in [0.2, 0.25) is 0 Å². The van der Waals surface area contributed by atoms with Crippen molar-refractivity contribution in [1.82, 2.24) is 0 Å². The van der Waals surface area contributed by atoms with Crippen LogP contribution in [0.1, 0.15) is 32.6 Å². The van der Waals surface area contributed by atoms with E-state index in [9.17, 15) is 0 Å². The van der Waals surface area contributed by atoms with Gasteiger partial charge in [-0.25, -0.2) is 0 Å². The molecule has 2 atom stereocenters. The molecule has 19 heavy (non-hydrogen) atoms. The first kappa shape index (κ1) is 14.2. The molecule has 0 saturated heterocycles. The molecule has 1 saturated carbocycles. The Morgan fingerprint density at radius 3 is 2.63 bits per heavy atom. The van der Waals surface area contributed by atoms with E-state index in [-0.39, 0.29) is 5.54 Å². The molecule has 0 radical (unpaired) electrons. The van der Waals surface area contributed by atoms with E-state index >= 15 is 0 Å². The molecule has 3 heteroatoms. The van der Waals surface area contributed by atoms with Gasteiger partial charge in [-0.05, 0) is 43.0 Å². The topological polar surface area (TPSA) is 38.5 Å². The summed E-state index contributed by atoms with van der Waals surface area (Å²) in [7, 11) is 3.81. The normalized spacial score (nSPS) is 27.1. The fourth-order valence-corrected chi connectivity index (χ4v) is 3.24. The first-order valence-electron chi connectivity index (χ1n) is 7.16. The molecule has 106 valence electrons. The molecule has 0 bridgehead atoms. The summed E-state index contributed by atoms with van der Waals surface area (Å²) in [6.07, 6.45) is 4.85. The van der Waals surface area contributed by atoms with Crippen LogP contribution in [-0.4, -0.2) is 26.2 Å². The molecule has 2 unspecified atom stereocenters. The second-order valence-corrected chi connectivity index (χ2v) is 6.12. The highest BCUT2D eigenvalue weighted by molar-refractivity contribution is 5.48. The quantitative estimate of drug-likeness (QED) is 0.906. The van der Waals surface area contributed by atoms with Gasteiger partial charge in [-0.15, -0.1) is 0 Å². The lowest BCUT2D eigenvalue weighted by Crippen LogP contribution is -2.52. The second kappa shape index (κ2) is 5.83. The highest BCUT2D eigenvalue weighted by Gasteiger charge is 2.32. The zero-order valence-electron chi connectivity index (χ0n) is 12.4. The van der Waals surface area contributed by atoms with Gasteiger partial charge in [0.25, 0.3) is 0 Å². The van der Waals surface area contributed by atoms with Crippen LogP contribution in [0.4, 0.5) is 5.69 Å². The largest absolute Gasteiger partial charge is 0.497 e. The Bertz CT molecular complexity index is 404. The molecule has 0 heterocycles. The van der Waals surface area contributed by atoms with E-state index in [0.29, 0.717) is 0 Å². The number of ether oxygens (including phenoxy) is 1. The van der Waals surface area contributed by atoms with E-state index in [2.05, 4.69) is 31.0 Å². The van der Waals surface area contributed by atoms with E-state index in [4.69, 9.17) is 10.5 Å². The van der Waals surface area contributed by atoms with Gasteiger partial charge in [0, 0.05) is 24.8 Å². The lowest BCUT2D eigenvalue weighted by molar-refractivity contribution is 0.241. The number of likely N-dealkylation sites (N-methyl/N-ethyl adjacent to an activating group) is 1. The molecule has 1 fully saturated rings. The third-order valence-corrected chi connectivity index (χ3v) is 4.19. The fourth-order valence-electron chi connectivity index (χ4n) is 3.24. The van der Waals surface area contributed by atoms with Crippen LogP contribution in [0, 0.1) is 5.92 Å². The molecule has 0 aromatic heterocycles. The van der Waals surface area contributed by atoms with Gasteiger partial charge in [-0.2, -0.15) is 0 Å². The van der Waals surface area contributed by atoms with Crippen LogP contribution < -0.4 is 15.4 Å². The molecule has 1 aliphatic carbocycles. The van der Waals surface area contributed by atoms with E-state index in [0.717, 1.165) is 31.1 Å². The van der Waals surface area contributed by atoms with E-state index < -0.39 is 0 Å². The fraction of sp³-hybridized carbons (Fsp3) is 0.625. The Hall–Kier alpha value is -1.22. The van der Waals surface area contributed by atoms with Crippen LogP contribution in [0.25, 0.3) is 0 Å². The molecule has 1 aromatic rings. The smallest absolute Gasteiger partial charge is 0.119 e. The predicted octanol–water partition coefficient (Wildman–Crippen LogP) is 3.04. The number of hydrogen-bond acceptors (Lipinski definition) is 3. The highest BCUT2D eigenvalue weighted by Crippen LogP contribution is 2.32. The molecule has 1 aromatic carbocycles. The number of rotatable bonds is 4. The number of anilines is 1. The molecule has 0 spiro atoms. The third-order valence-electron chi connectivity index (χ3n) is 4.19. The van der Waals surface area contributed by atoms with Gasteiger partial charge in [-0.3, -0.25) is 0 Å². The summed E-state index contributed by atoms with van der Waals surface area (Å²) in [6.45, 7) is 3.23. The van der Waals surface area contributed by atoms with Crippen LogP contribution in [0.5, 0.6) is 5.75 Å². The molecule has 2 N–H and O–H groups in total. The molecule has 3 nitrogen and oxygen atoms in total. The van der Waals surface area contributed by atoms with Crippen LogP contribution >= 0.6 is 0 Å². The van der Waals surface area contributed by atoms with Gasteiger partial charge in [0.15, 0.2) is 0 Å². The predicted molar refractivity (Wildman–Crippen MR) is 80.8 cm³/mol. The van der Waals surface area contributed by atoms with Crippen molar-refractivity contribution >= 4 is 5.69 Å². The summed E-state index contributed by atoms with van der Waals surface area (Å²) in [6, 6.07) is 8.18. The maximum atomic E-state index is 6.58. The zero-order valence-corrected chi connectivity index (χ0v) is 12.4. The lowest BCUT2D eigenvalue weighted by atomic mass is 9.77. The standard InChI is InChI=1S/C16H26N2O/c1-13-5-4-10-16(17,11-13)12-18(2)14-6-8-15(19-3)9-7-14/h6-9,13H,4-5,10-12,17H2,1-3H3. The Balaban J connectivity index is 2.00. The van der Waals surface area contributed by atoms with Gasteiger partial charge in [-0.1, -0.05) is 19.8 Å². The summed E-state index contributed by atoms with van der Waals surface area (Å²) < 4.78 is 5.19. The number of nitrogens with zero attached hydrogens (tertiary/aromatic N) is 1. The van der Waals surface area contributed by atoms with Crippen LogP contribution in [-0.2, 0) is 0 Å². The zero-order chi connectivity index (χ0) is 13.9. The Morgan fingerprint density at radius 2 is 2.05 bits per heavy atom. The minimum atomic E-state index is -0.0354. The van der Waals surface area contributed by atoms with E-state index in [1.165, 1.54) is 18.5 Å². The molecule has 2 rings (SSSR count).